The van der Waals surface area contributed by atoms with Gasteiger partial charge in [-0.15, -0.1) is 0 Å². The van der Waals surface area contributed by atoms with E-state index in [4.69, 9.17) is 9.47 Å². The first-order valence-corrected chi connectivity index (χ1v) is 6.49. The molecule has 1 aromatic carbocycles. The highest BCUT2D eigenvalue weighted by atomic mass is 16.5. The number of morpholine rings is 1. The van der Waals surface area contributed by atoms with Gasteiger partial charge in [0, 0.05) is 18.8 Å². The number of hydrogen-bond acceptors (Lipinski definition) is 4. The lowest BCUT2D eigenvalue weighted by molar-refractivity contribution is 0.122. The van der Waals surface area contributed by atoms with Crippen LogP contribution in [0.25, 0.3) is 0 Å². The Kier molecular flexibility index (Phi) is 4.84. The summed E-state index contributed by atoms with van der Waals surface area (Å²) in [6.45, 7) is 4.54. The van der Waals surface area contributed by atoms with Crippen LogP contribution >= 0.6 is 0 Å². The molecule has 0 amide bonds. The summed E-state index contributed by atoms with van der Waals surface area (Å²) < 4.78 is 10.8. The third-order valence-corrected chi connectivity index (χ3v) is 3.28. The zero-order chi connectivity index (χ0) is 12.8. The van der Waals surface area contributed by atoms with Gasteiger partial charge < -0.3 is 19.7 Å². The summed E-state index contributed by atoms with van der Waals surface area (Å²) in [6.07, 6.45) is 0.984. The first-order valence-electron chi connectivity index (χ1n) is 6.49. The Morgan fingerprint density at radius 2 is 2.11 bits per heavy atom. The normalized spacial score (nSPS) is 15.8. The maximum atomic E-state index is 5.41. The molecule has 0 saturated carbocycles. The molecule has 0 spiro atoms. The fourth-order valence-electron chi connectivity index (χ4n) is 2.24. The van der Waals surface area contributed by atoms with E-state index in [0.717, 1.165) is 45.0 Å². The smallest absolute Gasteiger partial charge is 0.122 e. The second-order valence-corrected chi connectivity index (χ2v) is 4.45. The summed E-state index contributed by atoms with van der Waals surface area (Å²) in [5.41, 5.74) is 2.53. The number of hydrogen-bond donors (Lipinski definition) is 1. The molecular formula is C14H22N2O2. The van der Waals surface area contributed by atoms with Crippen LogP contribution in [0.1, 0.15) is 5.56 Å². The summed E-state index contributed by atoms with van der Waals surface area (Å²) in [6, 6.07) is 6.43. The Hall–Kier alpha value is -1.26. The van der Waals surface area contributed by atoms with Crippen LogP contribution in [-0.4, -0.2) is 47.0 Å². The highest BCUT2D eigenvalue weighted by Crippen LogP contribution is 2.25. The summed E-state index contributed by atoms with van der Waals surface area (Å²) in [7, 11) is 3.70. The fraction of sp³-hybridized carbons (Fsp3) is 0.571. The predicted octanol–water partition coefficient (Wildman–Crippen LogP) is 1.29. The minimum absolute atomic E-state index is 0.817. The number of rotatable bonds is 5. The Bertz CT molecular complexity index is 376. The molecule has 0 aromatic heterocycles. The van der Waals surface area contributed by atoms with Crippen LogP contribution in [0.4, 0.5) is 5.69 Å². The lowest BCUT2D eigenvalue weighted by Crippen LogP contribution is -2.36. The molecule has 4 nitrogen and oxygen atoms in total. The average molecular weight is 250 g/mol. The van der Waals surface area contributed by atoms with Crippen molar-refractivity contribution in [2.24, 2.45) is 0 Å². The average Bonchev–Trinajstić information content (AvgIpc) is 2.45. The van der Waals surface area contributed by atoms with Crippen molar-refractivity contribution in [2.45, 2.75) is 6.42 Å². The van der Waals surface area contributed by atoms with Crippen LogP contribution < -0.4 is 15.0 Å². The summed E-state index contributed by atoms with van der Waals surface area (Å²) in [5, 5.41) is 3.18. The van der Waals surface area contributed by atoms with Gasteiger partial charge in [-0.2, -0.15) is 0 Å². The van der Waals surface area contributed by atoms with Gasteiger partial charge in [-0.25, -0.2) is 0 Å². The van der Waals surface area contributed by atoms with Gasteiger partial charge in [0.05, 0.1) is 20.3 Å². The number of benzene rings is 1. The van der Waals surface area contributed by atoms with E-state index < -0.39 is 0 Å². The molecule has 1 N–H and O–H groups in total. The third-order valence-electron chi connectivity index (χ3n) is 3.28. The Labute approximate surface area is 109 Å². The molecule has 1 saturated heterocycles. The highest BCUT2D eigenvalue weighted by molar-refractivity contribution is 5.53. The Morgan fingerprint density at radius 3 is 2.78 bits per heavy atom. The van der Waals surface area contributed by atoms with Crippen molar-refractivity contribution >= 4 is 5.69 Å². The number of likely N-dealkylation sites (N-methyl/N-ethyl adjacent to an activating group) is 1. The standard InChI is InChI=1S/C14H22N2O2/c1-15-6-5-12-11-13(3-4-14(12)17-2)16-7-9-18-10-8-16/h3-4,11,15H,5-10H2,1-2H3. The van der Waals surface area contributed by atoms with Crippen molar-refractivity contribution in [1.29, 1.82) is 0 Å². The second kappa shape index (κ2) is 6.61. The zero-order valence-corrected chi connectivity index (χ0v) is 11.2. The molecule has 18 heavy (non-hydrogen) atoms. The minimum atomic E-state index is 0.817. The molecular weight excluding hydrogens is 228 g/mol. The van der Waals surface area contributed by atoms with E-state index in [1.807, 2.05) is 7.05 Å². The van der Waals surface area contributed by atoms with E-state index in [1.165, 1.54) is 11.3 Å². The second-order valence-electron chi connectivity index (χ2n) is 4.45. The molecule has 1 aliphatic heterocycles. The van der Waals surface area contributed by atoms with E-state index >= 15 is 0 Å². The summed E-state index contributed by atoms with van der Waals surface area (Å²) in [4.78, 5) is 2.37. The van der Waals surface area contributed by atoms with Gasteiger partial charge in [-0.1, -0.05) is 0 Å². The monoisotopic (exact) mass is 250 g/mol. The molecule has 100 valence electrons. The molecule has 2 rings (SSSR count). The van der Waals surface area contributed by atoms with Crippen molar-refractivity contribution in [3.8, 4) is 5.75 Å². The van der Waals surface area contributed by atoms with E-state index in [-0.39, 0.29) is 0 Å². The van der Waals surface area contributed by atoms with Crippen LogP contribution in [-0.2, 0) is 11.2 Å². The quantitative estimate of drug-likeness (QED) is 0.854. The van der Waals surface area contributed by atoms with Gasteiger partial charge in [0.2, 0.25) is 0 Å². The number of ether oxygens (including phenoxy) is 2. The molecule has 1 fully saturated rings. The first-order chi connectivity index (χ1) is 8.85. The molecule has 1 aliphatic rings. The van der Waals surface area contributed by atoms with E-state index in [9.17, 15) is 0 Å². The number of anilines is 1. The van der Waals surface area contributed by atoms with Gasteiger partial charge in [0.25, 0.3) is 0 Å². The third kappa shape index (κ3) is 3.15. The van der Waals surface area contributed by atoms with E-state index in [0.29, 0.717) is 0 Å². The maximum absolute atomic E-state index is 5.41. The Morgan fingerprint density at radius 1 is 1.33 bits per heavy atom. The van der Waals surface area contributed by atoms with Crippen LogP contribution in [0.2, 0.25) is 0 Å². The first kappa shape index (κ1) is 13.2. The summed E-state index contributed by atoms with van der Waals surface area (Å²) in [5.74, 6) is 0.974. The minimum Gasteiger partial charge on any atom is -0.496 e. The van der Waals surface area contributed by atoms with Crippen molar-refractivity contribution in [2.75, 3.05) is 51.9 Å². The number of nitrogens with one attached hydrogen (secondary N) is 1. The number of nitrogens with zero attached hydrogens (tertiary/aromatic N) is 1. The highest BCUT2D eigenvalue weighted by Gasteiger charge is 2.13. The summed E-state index contributed by atoms with van der Waals surface area (Å²) >= 11 is 0. The maximum Gasteiger partial charge on any atom is 0.122 e. The molecule has 1 aromatic rings. The van der Waals surface area contributed by atoms with Gasteiger partial charge in [-0.05, 0) is 43.8 Å². The predicted molar refractivity (Wildman–Crippen MR) is 73.7 cm³/mol. The molecule has 0 aliphatic carbocycles. The molecule has 0 atom stereocenters. The van der Waals surface area contributed by atoms with Crippen molar-refractivity contribution in [3.05, 3.63) is 23.8 Å². The van der Waals surface area contributed by atoms with Crippen LogP contribution in [0.15, 0.2) is 18.2 Å². The molecule has 4 heteroatoms. The lowest BCUT2D eigenvalue weighted by Gasteiger charge is -2.29. The zero-order valence-electron chi connectivity index (χ0n) is 11.2. The van der Waals surface area contributed by atoms with Crippen LogP contribution in [0.5, 0.6) is 5.75 Å². The molecule has 0 unspecified atom stereocenters. The van der Waals surface area contributed by atoms with Crippen LogP contribution in [0, 0.1) is 0 Å². The van der Waals surface area contributed by atoms with E-state index in [2.05, 4.69) is 28.4 Å². The van der Waals surface area contributed by atoms with Crippen molar-refractivity contribution in [3.63, 3.8) is 0 Å². The van der Waals surface area contributed by atoms with Gasteiger partial charge in [0.1, 0.15) is 5.75 Å². The number of methoxy groups -OCH3 is 1. The molecule has 1 heterocycles. The van der Waals surface area contributed by atoms with Crippen molar-refractivity contribution in [1.82, 2.24) is 5.32 Å². The fourth-order valence-corrected chi connectivity index (χ4v) is 2.24. The SMILES string of the molecule is CNCCc1cc(N2CCOCC2)ccc1OC. The molecule has 0 radical (unpaired) electrons. The topological polar surface area (TPSA) is 33.7 Å². The largest absolute Gasteiger partial charge is 0.496 e. The van der Waals surface area contributed by atoms with Crippen LogP contribution in [0.3, 0.4) is 0 Å². The van der Waals surface area contributed by atoms with E-state index in [1.54, 1.807) is 7.11 Å². The lowest BCUT2D eigenvalue weighted by atomic mass is 10.1. The van der Waals surface area contributed by atoms with Gasteiger partial charge >= 0.3 is 0 Å². The molecule has 0 bridgehead atoms. The Balaban J connectivity index is 2.15. The van der Waals surface area contributed by atoms with Gasteiger partial charge in [0.15, 0.2) is 0 Å². The van der Waals surface area contributed by atoms with Crippen molar-refractivity contribution < 1.29 is 9.47 Å². The van der Waals surface area contributed by atoms with Gasteiger partial charge in [-0.3, -0.25) is 0 Å².